The molecule has 0 spiro atoms. The van der Waals surface area contributed by atoms with Crippen molar-refractivity contribution in [2.24, 2.45) is 0 Å². The molecule has 0 unspecified atom stereocenters. The Balaban J connectivity index is 2.68. The van der Waals surface area contributed by atoms with Gasteiger partial charge in [-0.05, 0) is 5.54 Å². The molecule has 1 fully saturated rings. The Labute approximate surface area is 117 Å². The van der Waals surface area contributed by atoms with Crippen molar-refractivity contribution in [3.05, 3.63) is 0 Å². The molecule has 0 amide bonds. The standard InChI is InChI=1S/C17H36Si/c1-4-7-14-18(15-8-5-2,16-9-6-3)17-12-10-11-13-17/h17H,4-16H2,1-3H3. The molecule has 0 aromatic rings. The van der Waals surface area contributed by atoms with E-state index in [0.717, 1.165) is 0 Å². The highest BCUT2D eigenvalue weighted by Crippen LogP contribution is 2.47. The highest BCUT2D eigenvalue weighted by Gasteiger charge is 2.40. The molecule has 0 aliphatic heterocycles. The second kappa shape index (κ2) is 9.17. The molecule has 0 N–H and O–H groups in total. The van der Waals surface area contributed by atoms with Crippen molar-refractivity contribution >= 4 is 8.07 Å². The Kier molecular flexibility index (Phi) is 8.29. The minimum absolute atomic E-state index is 0.925. The van der Waals surface area contributed by atoms with E-state index in [-0.39, 0.29) is 0 Å². The molecular formula is C17H36Si. The molecule has 0 aromatic heterocycles. The maximum Gasteiger partial charge on any atom is 0.0566 e. The average molecular weight is 269 g/mol. The van der Waals surface area contributed by atoms with E-state index in [1.807, 2.05) is 0 Å². The van der Waals surface area contributed by atoms with Crippen LogP contribution in [0.25, 0.3) is 0 Å². The van der Waals surface area contributed by atoms with E-state index in [0.29, 0.717) is 0 Å². The summed E-state index contributed by atoms with van der Waals surface area (Å²) in [5.74, 6) is 0. The van der Waals surface area contributed by atoms with E-state index in [2.05, 4.69) is 20.8 Å². The van der Waals surface area contributed by atoms with Gasteiger partial charge in [0.05, 0.1) is 8.07 Å². The van der Waals surface area contributed by atoms with Crippen molar-refractivity contribution < 1.29 is 0 Å². The van der Waals surface area contributed by atoms with E-state index in [4.69, 9.17) is 0 Å². The first-order valence-corrected chi connectivity index (χ1v) is 11.5. The van der Waals surface area contributed by atoms with Crippen molar-refractivity contribution in [1.29, 1.82) is 0 Å². The Hall–Kier alpha value is 0.217. The third-order valence-electron chi connectivity index (χ3n) is 5.31. The molecule has 1 rings (SSSR count). The first-order valence-electron chi connectivity index (χ1n) is 8.79. The fraction of sp³-hybridized carbons (Fsp3) is 1.00. The maximum absolute atomic E-state index is 2.38. The SMILES string of the molecule is CCCC[Si](CCCC)(CCCC)C1CCCC1. The number of rotatable bonds is 10. The van der Waals surface area contributed by atoms with E-state index in [1.54, 1.807) is 43.8 Å². The molecule has 1 aliphatic carbocycles. The lowest BCUT2D eigenvalue weighted by Crippen LogP contribution is -2.38. The van der Waals surface area contributed by atoms with E-state index in [1.165, 1.54) is 44.1 Å². The van der Waals surface area contributed by atoms with Crippen LogP contribution in [-0.4, -0.2) is 8.07 Å². The molecule has 1 saturated carbocycles. The quantitative estimate of drug-likeness (QED) is 0.383. The van der Waals surface area contributed by atoms with Gasteiger partial charge in [-0.3, -0.25) is 0 Å². The topological polar surface area (TPSA) is 0 Å². The van der Waals surface area contributed by atoms with Gasteiger partial charge in [-0.1, -0.05) is 103 Å². The molecule has 1 aliphatic rings. The second-order valence-electron chi connectivity index (χ2n) is 6.65. The molecule has 108 valence electrons. The molecule has 1 heteroatoms. The van der Waals surface area contributed by atoms with Gasteiger partial charge in [-0.15, -0.1) is 0 Å². The summed E-state index contributed by atoms with van der Waals surface area (Å²) in [4.78, 5) is 0. The van der Waals surface area contributed by atoms with Gasteiger partial charge >= 0.3 is 0 Å². The number of hydrogen-bond acceptors (Lipinski definition) is 0. The van der Waals surface area contributed by atoms with Crippen LogP contribution in [-0.2, 0) is 0 Å². The van der Waals surface area contributed by atoms with E-state index in [9.17, 15) is 0 Å². The van der Waals surface area contributed by atoms with E-state index >= 15 is 0 Å². The Morgan fingerprint density at radius 2 is 1.11 bits per heavy atom. The summed E-state index contributed by atoms with van der Waals surface area (Å²) >= 11 is 0. The predicted octanol–water partition coefficient (Wildman–Crippen LogP) is 6.78. The lowest BCUT2D eigenvalue weighted by Gasteiger charge is -2.38. The summed E-state index contributed by atoms with van der Waals surface area (Å²) in [7, 11) is -0.925. The summed E-state index contributed by atoms with van der Waals surface area (Å²) in [6.45, 7) is 7.15. The minimum atomic E-state index is -0.925. The first kappa shape index (κ1) is 16.3. The van der Waals surface area contributed by atoms with Crippen LogP contribution in [0.1, 0.15) is 85.0 Å². The van der Waals surface area contributed by atoms with Crippen LogP contribution in [0.4, 0.5) is 0 Å². The zero-order valence-corrected chi connectivity index (χ0v) is 14.3. The lowest BCUT2D eigenvalue weighted by atomic mass is 10.3. The van der Waals surface area contributed by atoms with Crippen LogP contribution >= 0.6 is 0 Å². The van der Waals surface area contributed by atoms with Gasteiger partial charge in [-0.2, -0.15) is 0 Å². The molecule has 0 nitrogen and oxygen atoms in total. The van der Waals surface area contributed by atoms with Crippen molar-refractivity contribution in [3.8, 4) is 0 Å². The molecule has 0 bridgehead atoms. The molecule has 0 heterocycles. The minimum Gasteiger partial charge on any atom is -0.0654 e. The Morgan fingerprint density at radius 3 is 1.44 bits per heavy atom. The average Bonchev–Trinajstić information content (AvgIpc) is 2.93. The van der Waals surface area contributed by atoms with Gasteiger partial charge in [0, 0.05) is 0 Å². The molecule has 0 atom stereocenters. The van der Waals surface area contributed by atoms with Crippen molar-refractivity contribution in [1.82, 2.24) is 0 Å². The zero-order valence-electron chi connectivity index (χ0n) is 13.3. The van der Waals surface area contributed by atoms with Crippen molar-refractivity contribution in [2.75, 3.05) is 0 Å². The normalized spacial score (nSPS) is 17.5. The zero-order chi connectivity index (χ0) is 13.3. The van der Waals surface area contributed by atoms with Crippen LogP contribution in [0.5, 0.6) is 0 Å². The van der Waals surface area contributed by atoms with Crippen LogP contribution in [0.3, 0.4) is 0 Å². The monoisotopic (exact) mass is 268 g/mol. The molecular weight excluding hydrogens is 232 g/mol. The fourth-order valence-electron chi connectivity index (χ4n) is 4.11. The van der Waals surface area contributed by atoms with Crippen LogP contribution < -0.4 is 0 Å². The summed E-state index contributed by atoms with van der Waals surface area (Å²) < 4.78 is 0. The van der Waals surface area contributed by atoms with Crippen LogP contribution in [0, 0.1) is 0 Å². The smallest absolute Gasteiger partial charge is 0.0566 e. The lowest BCUT2D eigenvalue weighted by molar-refractivity contribution is 0.725. The second-order valence-corrected chi connectivity index (χ2v) is 11.7. The van der Waals surface area contributed by atoms with Crippen LogP contribution in [0.15, 0.2) is 0 Å². The first-order chi connectivity index (χ1) is 8.79. The number of hydrogen-bond donors (Lipinski definition) is 0. The Bertz CT molecular complexity index is 172. The third kappa shape index (κ3) is 4.72. The highest BCUT2D eigenvalue weighted by molar-refractivity contribution is 6.81. The van der Waals surface area contributed by atoms with Gasteiger partial charge in [0.2, 0.25) is 0 Å². The van der Waals surface area contributed by atoms with Crippen molar-refractivity contribution in [3.63, 3.8) is 0 Å². The Morgan fingerprint density at radius 1 is 0.722 bits per heavy atom. The highest BCUT2D eigenvalue weighted by atomic mass is 28.3. The van der Waals surface area contributed by atoms with Gasteiger partial charge in [-0.25, -0.2) is 0 Å². The molecule has 18 heavy (non-hydrogen) atoms. The fourth-order valence-corrected chi connectivity index (χ4v) is 10.9. The molecule has 0 radical (unpaired) electrons. The molecule has 0 aromatic carbocycles. The summed E-state index contributed by atoms with van der Waals surface area (Å²) in [6, 6.07) is 4.98. The maximum atomic E-state index is 2.38. The molecule has 0 saturated heterocycles. The van der Waals surface area contributed by atoms with Gasteiger partial charge in [0.1, 0.15) is 0 Å². The third-order valence-corrected chi connectivity index (χ3v) is 11.7. The van der Waals surface area contributed by atoms with Gasteiger partial charge < -0.3 is 0 Å². The summed E-state index contributed by atoms with van der Waals surface area (Å²) in [5.41, 5.74) is 1.21. The van der Waals surface area contributed by atoms with Crippen molar-refractivity contribution in [2.45, 2.75) is 109 Å². The number of unbranched alkanes of at least 4 members (excludes halogenated alkanes) is 3. The van der Waals surface area contributed by atoms with Gasteiger partial charge in [0.25, 0.3) is 0 Å². The van der Waals surface area contributed by atoms with Crippen LogP contribution in [0.2, 0.25) is 23.7 Å². The predicted molar refractivity (Wildman–Crippen MR) is 87.1 cm³/mol. The van der Waals surface area contributed by atoms with E-state index < -0.39 is 8.07 Å². The largest absolute Gasteiger partial charge is 0.0654 e. The summed E-state index contributed by atoms with van der Waals surface area (Å²) in [5, 5.41) is 0. The van der Waals surface area contributed by atoms with Gasteiger partial charge in [0.15, 0.2) is 0 Å². The summed E-state index contributed by atoms with van der Waals surface area (Å²) in [6.07, 6.45) is 15.1.